The lowest BCUT2D eigenvalue weighted by atomic mass is 10.4. The van der Waals surface area contributed by atoms with Gasteiger partial charge in [0.1, 0.15) is 3.70 Å². The molecule has 0 radical (unpaired) electrons. The molecule has 0 rings (SSSR count). The van der Waals surface area contributed by atoms with Crippen molar-refractivity contribution in [2.45, 2.75) is 13.8 Å². The minimum Gasteiger partial charge on any atom is -0.137 e. The molecule has 0 amide bonds. The highest BCUT2D eigenvalue weighted by atomic mass is 127. The van der Waals surface area contributed by atoms with Gasteiger partial charge in [0.25, 0.3) is 0 Å². The molecule has 0 bridgehead atoms. The van der Waals surface area contributed by atoms with E-state index in [9.17, 15) is 0 Å². The van der Waals surface area contributed by atoms with Gasteiger partial charge in [0.2, 0.25) is 0 Å². The van der Waals surface area contributed by atoms with Crippen LogP contribution in [0.5, 0.6) is 0 Å². The molecule has 8 heavy (non-hydrogen) atoms. The van der Waals surface area contributed by atoms with Crippen LogP contribution >= 0.6 is 35.4 Å². The van der Waals surface area contributed by atoms with E-state index in [1.807, 2.05) is 13.8 Å². The van der Waals surface area contributed by atoms with Crippen molar-refractivity contribution in [3.05, 3.63) is 9.28 Å². The van der Waals surface area contributed by atoms with Crippen LogP contribution in [0.25, 0.3) is 0 Å². The van der Waals surface area contributed by atoms with Crippen LogP contribution in [-0.4, -0.2) is 0 Å². The van der Waals surface area contributed by atoms with Gasteiger partial charge in [0.05, 0.1) is 0 Å². The van der Waals surface area contributed by atoms with E-state index in [-0.39, 0.29) is 0 Å². The van der Waals surface area contributed by atoms with Gasteiger partial charge in [0, 0.05) is 0 Å². The highest BCUT2D eigenvalue weighted by molar-refractivity contribution is 14.1. The maximum Gasteiger partial charge on any atom is 0.123 e. The van der Waals surface area contributed by atoms with Crippen molar-refractivity contribution in [2.75, 3.05) is 0 Å². The third kappa shape index (κ3) is 3.43. The summed E-state index contributed by atoms with van der Waals surface area (Å²) in [4.78, 5) is 0. The Balaban J connectivity index is 4.00. The molecule has 46 valence electrons. The van der Waals surface area contributed by atoms with Gasteiger partial charge in [-0.05, 0) is 54.8 Å². The van der Waals surface area contributed by atoms with E-state index < -0.39 is 0 Å². The van der Waals surface area contributed by atoms with Gasteiger partial charge in [-0.2, -0.15) is 0 Å². The maximum atomic E-state index is 3.68. The molecular formula is C4H7IN2S. The summed E-state index contributed by atoms with van der Waals surface area (Å²) in [7, 11) is 0. The molecule has 0 N–H and O–H groups in total. The molecule has 0 aliphatic heterocycles. The van der Waals surface area contributed by atoms with E-state index in [0.29, 0.717) is 0 Å². The number of nitrogens with zero attached hydrogens (tertiary/aromatic N) is 2. The summed E-state index contributed by atoms with van der Waals surface area (Å²) in [6.45, 7) is 3.95. The van der Waals surface area contributed by atoms with E-state index >= 15 is 0 Å². The average Bonchev–Trinajstić information content (AvgIpc) is 1.67. The van der Waals surface area contributed by atoms with E-state index in [0.717, 1.165) is 9.28 Å². The van der Waals surface area contributed by atoms with Crippen molar-refractivity contribution in [1.82, 2.24) is 0 Å². The normalized spacial score (nSPS) is 10.0. The number of halogens is 1. The Labute approximate surface area is 68.1 Å². The minimum absolute atomic E-state index is 0.901. The summed E-state index contributed by atoms with van der Waals surface area (Å²) in [5.41, 5.74) is 1.16. The number of allylic oxidation sites excluding steroid dienone is 1. The maximum absolute atomic E-state index is 3.68. The lowest BCUT2D eigenvalue weighted by Crippen LogP contribution is -1.65. The topological polar surface area (TPSA) is 24.7 Å². The summed E-state index contributed by atoms with van der Waals surface area (Å²) in [6, 6.07) is 0. The average molecular weight is 242 g/mol. The van der Waals surface area contributed by atoms with E-state index in [1.165, 1.54) is 0 Å². The summed E-state index contributed by atoms with van der Waals surface area (Å²) in [5, 5.41) is 3.68. The fraction of sp³-hybridized carbons (Fsp3) is 0.500. The fourth-order valence-corrected chi connectivity index (χ4v) is 0.507. The standard InChI is InChI=1S/C4H7IN2S/c1-3(2)4(5)6-7-8/h1-2H3,(H,6,8). The summed E-state index contributed by atoms with van der Waals surface area (Å²) < 4.78 is 4.21. The van der Waals surface area contributed by atoms with Crippen LogP contribution in [0.4, 0.5) is 0 Å². The molecule has 0 saturated carbocycles. The van der Waals surface area contributed by atoms with Crippen LogP contribution in [0, 0.1) is 0 Å². The third-order valence-corrected chi connectivity index (χ3v) is 1.93. The Bertz CT molecular complexity index is 126. The fourth-order valence-electron chi connectivity index (χ4n) is 0.139. The molecule has 0 aromatic heterocycles. The van der Waals surface area contributed by atoms with Crippen molar-refractivity contribution in [3.63, 3.8) is 0 Å². The predicted octanol–water partition coefficient (Wildman–Crippen LogP) is 2.97. The Morgan fingerprint density at radius 3 is 2.12 bits per heavy atom. The van der Waals surface area contributed by atoms with Crippen molar-refractivity contribution < 1.29 is 0 Å². The molecule has 2 nitrogen and oxygen atoms in total. The van der Waals surface area contributed by atoms with Gasteiger partial charge in [-0.3, -0.25) is 0 Å². The minimum atomic E-state index is 0.901. The van der Waals surface area contributed by atoms with E-state index in [1.54, 1.807) is 0 Å². The second-order valence-electron chi connectivity index (χ2n) is 1.48. The Morgan fingerprint density at radius 2 is 2.00 bits per heavy atom. The largest absolute Gasteiger partial charge is 0.137 e. The highest BCUT2D eigenvalue weighted by Crippen LogP contribution is 2.13. The predicted molar refractivity (Wildman–Crippen MR) is 46.2 cm³/mol. The lowest BCUT2D eigenvalue weighted by molar-refractivity contribution is 1.25. The number of rotatable bonds is 1. The third-order valence-electron chi connectivity index (χ3n) is 0.545. The van der Waals surface area contributed by atoms with Crippen molar-refractivity contribution >= 4 is 35.4 Å². The number of hydrogen-bond donors (Lipinski definition) is 1. The Hall–Kier alpha value is 0.420. The molecule has 0 fully saturated rings. The van der Waals surface area contributed by atoms with Crippen LogP contribution < -0.4 is 0 Å². The van der Waals surface area contributed by atoms with E-state index in [4.69, 9.17) is 0 Å². The second-order valence-corrected chi connectivity index (χ2v) is 2.68. The Morgan fingerprint density at radius 1 is 1.50 bits per heavy atom. The van der Waals surface area contributed by atoms with Crippen molar-refractivity contribution in [1.29, 1.82) is 0 Å². The molecular weight excluding hydrogens is 235 g/mol. The van der Waals surface area contributed by atoms with Crippen LogP contribution in [0.1, 0.15) is 13.8 Å². The zero-order valence-electron chi connectivity index (χ0n) is 4.72. The number of hydrogen-bond acceptors (Lipinski definition) is 2. The van der Waals surface area contributed by atoms with Crippen LogP contribution in [-0.2, 0) is 0 Å². The summed E-state index contributed by atoms with van der Waals surface area (Å²) in [6.07, 6.45) is 0. The smallest absolute Gasteiger partial charge is 0.123 e. The molecule has 0 aromatic carbocycles. The molecule has 0 aliphatic rings. The van der Waals surface area contributed by atoms with Gasteiger partial charge in [-0.1, -0.05) is 0 Å². The lowest BCUT2D eigenvalue weighted by Gasteiger charge is -1.87. The Kier molecular flexibility index (Phi) is 4.54. The van der Waals surface area contributed by atoms with E-state index in [2.05, 4.69) is 45.0 Å². The molecule has 0 saturated heterocycles. The summed E-state index contributed by atoms with van der Waals surface area (Å²) >= 11 is 5.68. The van der Waals surface area contributed by atoms with Crippen molar-refractivity contribution in [2.24, 2.45) is 9.63 Å². The molecule has 0 heterocycles. The van der Waals surface area contributed by atoms with Gasteiger partial charge in [0.15, 0.2) is 0 Å². The first-order valence-corrected chi connectivity index (χ1v) is 3.54. The summed E-state index contributed by atoms with van der Waals surface area (Å²) in [5.74, 6) is 0. The van der Waals surface area contributed by atoms with Gasteiger partial charge >= 0.3 is 0 Å². The molecule has 0 aromatic rings. The van der Waals surface area contributed by atoms with Gasteiger partial charge in [-0.25, -0.2) is 0 Å². The highest BCUT2D eigenvalue weighted by Gasteiger charge is 1.86. The number of thiol groups is 1. The zero-order chi connectivity index (χ0) is 6.57. The van der Waals surface area contributed by atoms with Crippen LogP contribution in [0.2, 0.25) is 0 Å². The first kappa shape index (κ1) is 8.42. The molecule has 0 atom stereocenters. The van der Waals surface area contributed by atoms with Gasteiger partial charge in [-0.15, -0.1) is 9.63 Å². The van der Waals surface area contributed by atoms with Crippen molar-refractivity contribution in [3.8, 4) is 0 Å². The molecule has 0 spiro atoms. The quantitative estimate of drug-likeness (QED) is 0.316. The zero-order valence-corrected chi connectivity index (χ0v) is 7.77. The molecule has 0 unspecified atom stereocenters. The van der Waals surface area contributed by atoms with Crippen LogP contribution in [0.15, 0.2) is 18.9 Å². The molecule has 0 aliphatic carbocycles. The monoisotopic (exact) mass is 242 g/mol. The molecule has 4 heteroatoms. The van der Waals surface area contributed by atoms with Crippen LogP contribution in [0.3, 0.4) is 0 Å². The SMILES string of the molecule is CC(C)=C(I)/N=N\S. The first-order valence-electron chi connectivity index (χ1n) is 2.06. The van der Waals surface area contributed by atoms with Gasteiger partial charge < -0.3 is 0 Å². The first-order chi connectivity index (χ1) is 3.68. The second kappa shape index (κ2) is 4.31.